The first kappa shape index (κ1) is 93.8. The summed E-state index contributed by atoms with van der Waals surface area (Å²) in [5.41, 5.74) is 10.2. The maximum atomic E-state index is 10.7. The van der Waals surface area contributed by atoms with Gasteiger partial charge in [-0.25, -0.2) is 10.0 Å². The van der Waals surface area contributed by atoms with Gasteiger partial charge in [0.1, 0.15) is 0 Å². The van der Waals surface area contributed by atoms with Crippen LogP contribution in [-0.2, 0) is 28.8 Å². The highest BCUT2D eigenvalue weighted by Crippen LogP contribution is 2.17. The van der Waals surface area contributed by atoms with Crippen LogP contribution < -0.4 is 16.6 Å². The van der Waals surface area contributed by atoms with E-state index in [2.05, 4.69) is 45.5 Å². The number of likely N-dealkylation sites (N-methyl/N-ethyl adjacent to an activating group) is 1. The standard InChI is InChI=1S/3C18H36O2.C8H18N2O.C5H12N2O.C4H10N2O/c3*1-2-3-4-5-6-7-8-9-10-11-12-13-14-15-16-17-18(19)20;1-4-6-10(7-5-2)9-8(3)11;1-4(5(6)8)7(2)3;1-4(7)5-6(2)3/h3*2-17H2,1H3,(H,19,20);4-7H2,1-3H3,(H,9,11);4H,1-3H3,(H2,6,8);1-3H3,(H,5,7). The number of carboxylic acid groups (broad SMARTS) is 3. The third-order valence-corrected chi connectivity index (χ3v) is 14.9. The average Bonchev–Trinajstić information content (AvgIpc) is 3.46. The number of hydrazine groups is 2. The Balaban J connectivity index is -0.000000233. The summed E-state index contributed by atoms with van der Waals surface area (Å²) in [4.78, 5) is 63.8. The van der Waals surface area contributed by atoms with Crippen LogP contribution in [0, 0.1) is 0 Å². The molecule has 516 valence electrons. The molecule has 15 nitrogen and oxygen atoms in total. The van der Waals surface area contributed by atoms with E-state index in [-0.39, 0.29) is 23.8 Å². The van der Waals surface area contributed by atoms with Crippen LogP contribution >= 0.6 is 0 Å². The molecule has 0 fully saturated rings. The van der Waals surface area contributed by atoms with Crippen molar-refractivity contribution in [3.8, 4) is 0 Å². The normalized spacial score (nSPS) is 10.9. The van der Waals surface area contributed by atoms with Gasteiger partial charge in [-0.3, -0.25) is 44.5 Å². The number of aliphatic carboxylic acids is 3. The molecule has 0 saturated heterocycles. The van der Waals surface area contributed by atoms with E-state index in [0.717, 1.165) is 64.5 Å². The van der Waals surface area contributed by atoms with E-state index in [4.69, 9.17) is 21.1 Å². The average molecular weight is 1230 g/mol. The lowest BCUT2D eigenvalue weighted by Crippen LogP contribution is -2.41. The van der Waals surface area contributed by atoms with Crippen molar-refractivity contribution in [2.45, 2.75) is 382 Å². The van der Waals surface area contributed by atoms with Crippen molar-refractivity contribution >= 4 is 35.6 Å². The molecule has 0 spiro atoms. The van der Waals surface area contributed by atoms with Gasteiger partial charge in [-0.15, -0.1) is 0 Å². The maximum Gasteiger partial charge on any atom is 0.303 e. The minimum atomic E-state index is -0.653. The Morgan fingerprint density at radius 2 is 0.512 bits per heavy atom. The molecule has 0 radical (unpaired) electrons. The van der Waals surface area contributed by atoms with Gasteiger partial charge in [-0.05, 0) is 53.1 Å². The van der Waals surface area contributed by atoms with E-state index < -0.39 is 17.9 Å². The zero-order valence-corrected chi connectivity index (χ0v) is 59.1. The summed E-state index contributed by atoms with van der Waals surface area (Å²) < 4.78 is 0. The van der Waals surface area contributed by atoms with Crippen LogP contribution in [0.3, 0.4) is 0 Å². The Labute approximate surface area is 532 Å². The fourth-order valence-corrected chi connectivity index (χ4v) is 9.50. The van der Waals surface area contributed by atoms with E-state index in [1.165, 1.54) is 257 Å². The largest absolute Gasteiger partial charge is 0.481 e. The number of hydrogen-bond donors (Lipinski definition) is 6. The number of unbranched alkanes of at least 4 members (excludes halogenated alkanes) is 42. The minimum absolute atomic E-state index is 0.0203. The quantitative estimate of drug-likeness (QED) is 0.0247. The Bertz CT molecular complexity index is 1290. The third kappa shape index (κ3) is 106. The predicted molar refractivity (Wildman–Crippen MR) is 367 cm³/mol. The van der Waals surface area contributed by atoms with Gasteiger partial charge in [0, 0.05) is 60.3 Å². The molecule has 0 aromatic rings. The number of nitrogens with one attached hydrogen (secondary N) is 2. The Morgan fingerprint density at radius 1 is 0.326 bits per heavy atom. The fourth-order valence-electron chi connectivity index (χ4n) is 9.50. The van der Waals surface area contributed by atoms with E-state index in [1.807, 2.05) is 19.1 Å². The molecule has 0 aromatic heterocycles. The number of carboxylic acids is 3. The van der Waals surface area contributed by atoms with Crippen LogP contribution in [0.1, 0.15) is 376 Å². The van der Waals surface area contributed by atoms with Crippen LogP contribution in [-0.4, -0.2) is 113 Å². The number of amides is 3. The molecule has 1 atom stereocenters. The molecule has 0 rings (SSSR count). The van der Waals surface area contributed by atoms with E-state index in [0.29, 0.717) is 19.3 Å². The van der Waals surface area contributed by atoms with Gasteiger partial charge in [0.25, 0.3) is 0 Å². The number of nitrogens with two attached hydrogens (primary N) is 1. The Morgan fingerprint density at radius 3 is 0.616 bits per heavy atom. The molecule has 1 unspecified atom stereocenters. The number of rotatable bonds is 56. The second-order valence-electron chi connectivity index (χ2n) is 24.5. The monoisotopic (exact) mass is 1230 g/mol. The molecule has 0 aliphatic heterocycles. The first-order valence-electron chi connectivity index (χ1n) is 35.8. The number of carbonyl (C=O) groups is 6. The highest BCUT2D eigenvalue weighted by Gasteiger charge is 2.09. The molecule has 3 amide bonds. The van der Waals surface area contributed by atoms with Crippen LogP contribution in [0.15, 0.2) is 0 Å². The van der Waals surface area contributed by atoms with Crippen LogP contribution in [0.5, 0.6) is 0 Å². The van der Waals surface area contributed by atoms with Crippen molar-refractivity contribution in [2.75, 3.05) is 41.3 Å². The van der Waals surface area contributed by atoms with Crippen molar-refractivity contribution in [1.29, 1.82) is 0 Å². The van der Waals surface area contributed by atoms with Crippen LogP contribution in [0.25, 0.3) is 0 Å². The molecule has 0 saturated carbocycles. The van der Waals surface area contributed by atoms with Crippen LogP contribution in [0.2, 0.25) is 0 Å². The summed E-state index contributed by atoms with van der Waals surface area (Å²) in [6.45, 7) is 17.7. The second kappa shape index (κ2) is 81.7. The molecule has 7 N–H and O–H groups in total. The smallest absolute Gasteiger partial charge is 0.303 e. The molecule has 0 heterocycles. The van der Waals surface area contributed by atoms with E-state index in [9.17, 15) is 28.8 Å². The summed E-state index contributed by atoms with van der Waals surface area (Å²) in [7, 11) is 7.16. The number of carbonyl (C=O) groups excluding carboxylic acids is 3. The summed E-state index contributed by atoms with van der Waals surface area (Å²) in [6.07, 6.45) is 62.7. The molecule has 15 heteroatoms. The van der Waals surface area contributed by atoms with E-state index in [1.54, 1.807) is 37.9 Å². The van der Waals surface area contributed by atoms with Crippen molar-refractivity contribution in [2.24, 2.45) is 5.73 Å². The zero-order chi connectivity index (χ0) is 66.0. The molecular formula is C71H148N6O9. The van der Waals surface area contributed by atoms with Gasteiger partial charge in [0.05, 0.1) is 6.04 Å². The Hall–Kier alpha value is -3.30. The van der Waals surface area contributed by atoms with Gasteiger partial charge >= 0.3 is 17.9 Å². The number of primary amides is 1. The van der Waals surface area contributed by atoms with Gasteiger partial charge in [-0.1, -0.05) is 304 Å². The topological polar surface area (TPSA) is 223 Å². The molecule has 0 aliphatic rings. The minimum Gasteiger partial charge on any atom is -0.481 e. The van der Waals surface area contributed by atoms with Gasteiger partial charge in [-0.2, -0.15) is 0 Å². The van der Waals surface area contributed by atoms with Crippen molar-refractivity contribution in [1.82, 2.24) is 25.8 Å². The zero-order valence-electron chi connectivity index (χ0n) is 59.1. The Kier molecular flexibility index (Phi) is 89.1. The molecule has 0 aliphatic carbocycles. The summed E-state index contributed by atoms with van der Waals surface area (Å²) in [6, 6.07) is -0.157. The third-order valence-electron chi connectivity index (χ3n) is 14.9. The van der Waals surface area contributed by atoms with Gasteiger partial charge in [0.15, 0.2) is 0 Å². The van der Waals surface area contributed by atoms with Crippen molar-refractivity contribution < 1.29 is 44.1 Å². The highest BCUT2D eigenvalue weighted by molar-refractivity contribution is 5.79. The first-order valence-corrected chi connectivity index (χ1v) is 35.8. The van der Waals surface area contributed by atoms with Crippen LogP contribution in [0.4, 0.5) is 0 Å². The number of hydrogen-bond acceptors (Lipinski definition) is 9. The lowest BCUT2D eigenvalue weighted by atomic mass is 10.0. The SMILES string of the molecule is CC(=O)NN(C)C.CC(C(N)=O)N(C)C.CCCCCCCCCCCCCCCCCC(=O)O.CCCCCCCCCCCCCCCCCC(=O)O.CCCCCCCCCCCCCCCCCC(=O)O.CCCN(CCC)NC(C)=O. The summed E-state index contributed by atoms with van der Waals surface area (Å²) in [5, 5.41) is 29.1. The molecule has 86 heavy (non-hydrogen) atoms. The van der Waals surface area contributed by atoms with Gasteiger partial charge < -0.3 is 21.1 Å². The predicted octanol–water partition coefficient (Wildman–Crippen LogP) is 19.2. The lowest BCUT2D eigenvalue weighted by Gasteiger charge is -2.20. The first-order chi connectivity index (χ1) is 41.2. The van der Waals surface area contributed by atoms with Crippen molar-refractivity contribution in [3.05, 3.63) is 0 Å². The maximum absolute atomic E-state index is 10.7. The summed E-state index contributed by atoms with van der Waals surface area (Å²) in [5.74, 6) is -2.26. The van der Waals surface area contributed by atoms with E-state index >= 15 is 0 Å². The van der Waals surface area contributed by atoms with Crippen molar-refractivity contribution in [3.63, 3.8) is 0 Å². The molecule has 0 bridgehead atoms. The molecule has 0 aromatic carbocycles. The second-order valence-corrected chi connectivity index (χ2v) is 24.5. The number of nitrogens with zero attached hydrogens (tertiary/aromatic N) is 3. The lowest BCUT2D eigenvalue weighted by molar-refractivity contribution is -0.138. The fraction of sp³-hybridized carbons (Fsp3) is 0.915. The highest BCUT2D eigenvalue weighted by atomic mass is 16.4. The molecular weight excluding hydrogens is 1080 g/mol. The summed E-state index contributed by atoms with van der Waals surface area (Å²) >= 11 is 0. The van der Waals surface area contributed by atoms with Gasteiger partial charge in [0.2, 0.25) is 17.7 Å².